The summed E-state index contributed by atoms with van der Waals surface area (Å²) >= 11 is 1.01. The molecule has 10 heteroatoms. The van der Waals surface area contributed by atoms with Gasteiger partial charge in [-0.3, -0.25) is 9.59 Å². The molecule has 2 aromatic carbocycles. The predicted octanol–water partition coefficient (Wildman–Crippen LogP) is 2.55. The Morgan fingerprint density at radius 1 is 1.21 bits per heavy atom. The SMILES string of the molecule is CCOC(=O)Cn1c(=NC(=O)c2ccccc2S(C)(=O)=O)sc2cc(F)ccc21. The summed E-state index contributed by atoms with van der Waals surface area (Å²) in [6.07, 6.45) is 1.00. The van der Waals surface area contributed by atoms with E-state index in [0.29, 0.717) is 10.2 Å². The Morgan fingerprint density at radius 2 is 1.93 bits per heavy atom. The number of hydrogen-bond acceptors (Lipinski definition) is 6. The van der Waals surface area contributed by atoms with E-state index in [-0.39, 0.29) is 28.4 Å². The van der Waals surface area contributed by atoms with Crippen LogP contribution in [0.5, 0.6) is 0 Å². The van der Waals surface area contributed by atoms with Crippen LogP contribution in [0.3, 0.4) is 0 Å². The van der Waals surface area contributed by atoms with Gasteiger partial charge >= 0.3 is 5.97 Å². The third kappa shape index (κ3) is 4.60. The summed E-state index contributed by atoms with van der Waals surface area (Å²) in [5.74, 6) is -1.79. The molecule has 0 fully saturated rings. The fourth-order valence-corrected chi connectivity index (χ4v) is 4.67. The van der Waals surface area contributed by atoms with Crippen molar-refractivity contribution in [2.24, 2.45) is 4.99 Å². The standard InChI is InChI=1S/C19H17FN2O5S2/c1-3-27-17(23)11-22-14-9-8-12(20)10-15(14)28-19(22)21-18(24)13-6-4-5-7-16(13)29(2,25)26/h4-10H,3,11H2,1-2H3. The Balaban J connectivity index is 2.17. The van der Waals surface area contributed by atoms with Crippen molar-refractivity contribution in [1.82, 2.24) is 4.57 Å². The van der Waals surface area contributed by atoms with E-state index >= 15 is 0 Å². The van der Waals surface area contributed by atoms with Crippen LogP contribution in [0.4, 0.5) is 4.39 Å². The zero-order valence-electron chi connectivity index (χ0n) is 15.6. The molecule has 152 valence electrons. The van der Waals surface area contributed by atoms with E-state index in [4.69, 9.17) is 4.74 Å². The second kappa shape index (κ2) is 8.26. The predicted molar refractivity (Wildman–Crippen MR) is 106 cm³/mol. The maximum absolute atomic E-state index is 13.6. The minimum atomic E-state index is -3.65. The molecule has 0 atom stereocenters. The lowest BCUT2D eigenvalue weighted by atomic mass is 10.2. The van der Waals surface area contributed by atoms with Crippen molar-refractivity contribution in [2.75, 3.05) is 12.9 Å². The van der Waals surface area contributed by atoms with Crippen LogP contribution >= 0.6 is 11.3 Å². The van der Waals surface area contributed by atoms with Crippen LogP contribution in [-0.4, -0.2) is 37.7 Å². The van der Waals surface area contributed by atoms with Gasteiger partial charge in [0.2, 0.25) is 0 Å². The van der Waals surface area contributed by atoms with E-state index in [1.807, 2.05) is 0 Å². The van der Waals surface area contributed by atoms with Crippen LogP contribution in [0.1, 0.15) is 17.3 Å². The molecule has 0 radical (unpaired) electrons. The number of nitrogens with zero attached hydrogens (tertiary/aromatic N) is 2. The van der Waals surface area contributed by atoms with Gasteiger partial charge in [-0.05, 0) is 37.3 Å². The van der Waals surface area contributed by atoms with Gasteiger partial charge in [-0.25, -0.2) is 12.8 Å². The number of halogens is 1. The zero-order valence-corrected chi connectivity index (χ0v) is 17.2. The molecule has 0 unspecified atom stereocenters. The Bertz CT molecular complexity index is 1280. The molecule has 7 nitrogen and oxygen atoms in total. The van der Waals surface area contributed by atoms with Crippen molar-refractivity contribution in [3.8, 4) is 0 Å². The molecule has 0 bridgehead atoms. The van der Waals surface area contributed by atoms with Gasteiger partial charge in [0.05, 0.1) is 27.3 Å². The topological polar surface area (TPSA) is 94.8 Å². The molecule has 0 aliphatic rings. The Labute approximate surface area is 170 Å². The summed E-state index contributed by atoms with van der Waals surface area (Å²) in [6, 6.07) is 9.72. The molecule has 1 heterocycles. The number of rotatable bonds is 5. The number of benzene rings is 2. The maximum Gasteiger partial charge on any atom is 0.326 e. The fourth-order valence-electron chi connectivity index (χ4n) is 2.73. The molecule has 3 rings (SSSR count). The van der Waals surface area contributed by atoms with Crippen molar-refractivity contribution in [2.45, 2.75) is 18.4 Å². The van der Waals surface area contributed by atoms with Crippen molar-refractivity contribution in [3.05, 3.63) is 58.6 Å². The number of carbonyl (C=O) groups is 2. The second-order valence-corrected chi connectivity index (χ2v) is 9.07. The highest BCUT2D eigenvalue weighted by molar-refractivity contribution is 7.90. The van der Waals surface area contributed by atoms with Crippen molar-refractivity contribution in [3.63, 3.8) is 0 Å². The van der Waals surface area contributed by atoms with Crippen LogP contribution in [-0.2, 0) is 25.9 Å². The number of hydrogen-bond donors (Lipinski definition) is 0. The van der Waals surface area contributed by atoms with E-state index in [9.17, 15) is 22.4 Å². The molecule has 3 aromatic rings. The highest BCUT2D eigenvalue weighted by Crippen LogP contribution is 2.20. The van der Waals surface area contributed by atoms with Gasteiger partial charge in [0.25, 0.3) is 5.91 Å². The second-order valence-electron chi connectivity index (χ2n) is 6.07. The molecule has 0 saturated heterocycles. The summed E-state index contributed by atoms with van der Waals surface area (Å²) in [5, 5.41) is 0. The number of amides is 1. The molecular formula is C19H17FN2O5S2. The smallest absolute Gasteiger partial charge is 0.326 e. The van der Waals surface area contributed by atoms with Gasteiger partial charge in [0.1, 0.15) is 12.4 Å². The van der Waals surface area contributed by atoms with Gasteiger partial charge in [-0.15, -0.1) is 0 Å². The quantitative estimate of drug-likeness (QED) is 0.573. The Kier molecular flexibility index (Phi) is 5.94. The summed E-state index contributed by atoms with van der Waals surface area (Å²) < 4.78 is 44.4. The van der Waals surface area contributed by atoms with Crippen LogP contribution < -0.4 is 4.80 Å². The molecular weight excluding hydrogens is 419 g/mol. The number of sulfone groups is 1. The molecule has 29 heavy (non-hydrogen) atoms. The van der Waals surface area contributed by atoms with E-state index in [1.54, 1.807) is 6.92 Å². The van der Waals surface area contributed by atoms with E-state index in [1.165, 1.54) is 47.0 Å². The third-order valence-corrected chi connectivity index (χ3v) is 6.15. The molecule has 0 spiro atoms. The van der Waals surface area contributed by atoms with Crippen molar-refractivity contribution >= 4 is 43.3 Å². The van der Waals surface area contributed by atoms with Crippen molar-refractivity contribution < 1.29 is 27.1 Å². The summed E-state index contributed by atoms with van der Waals surface area (Å²) in [7, 11) is -3.65. The van der Waals surface area contributed by atoms with E-state index in [2.05, 4.69) is 4.99 Å². The molecule has 0 aliphatic heterocycles. The highest BCUT2D eigenvalue weighted by atomic mass is 32.2. The average Bonchev–Trinajstić information content (AvgIpc) is 2.97. The van der Waals surface area contributed by atoms with Gasteiger partial charge in [0.15, 0.2) is 14.6 Å². The monoisotopic (exact) mass is 436 g/mol. The first-order valence-corrected chi connectivity index (χ1v) is 11.2. The van der Waals surface area contributed by atoms with Gasteiger partial charge in [-0.1, -0.05) is 23.5 Å². The first kappa shape index (κ1) is 20.9. The van der Waals surface area contributed by atoms with Crippen molar-refractivity contribution in [1.29, 1.82) is 0 Å². The first-order chi connectivity index (χ1) is 13.7. The minimum Gasteiger partial charge on any atom is -0.465 e. The van der Waals surface area contributed by atoms with Crippen LogP contribution in [0.15, 0.2) is 52.4 Å². The lowest BCUT2D eigenvalue weighted by Crippen LogP contribution is -2.23. The fraction of sp³-hybridized carbons (Fsp3) is 0.211. The normalized spacial score (nSPS) is 12.3. The summed E-state index contributed by atoms with van der Waals surface area (Å²) in [4.78, 5) is 28.8. The largest absolute Gasteiger partial charge is 0.465 e. The zero-order chi connectivity index (χ0) is 21.2. The van der Waals surface area contributed by atoms with Crippen LogP contribution in [0, 0.1) is 5.82 Å². The maximum atomic E-state index is 13.6. The Hall–Kier alpha value is -2.85. The number of fused-ring (bicyclic) bond motifs is 1. The third-order valence-electron chi connectivity index (χ3n) is 3.95. The van der Waals surface area contributed by atoms with Gasteiger partial charge in [-0.2, -0.15) is 4.99 Å². The average molecular weight is 436 g/mol. The molecule has 1 aromatic heterocycles. The van der Waals surface area contributed by atoms with Gasteiger partial charge in [0, 0.05) is 6.26 Å². The minimum absolute atomic E-state index is 0.0821. The lowest BCUT2D eigenvalue weighted by molar-refractivity contribution is -0.143. The number of esters is 1. The molecule has 0 saturated carbocycles. The number of thiazole rings is 1. The summed E-state index contributed by atoms with van der Waals surface area (Å²) in [6.45, 7) is 1.63. The van der Waals surface area contributed by atoms with E-state index in [0.717, 1.165) is 17.6 Å². The Morgan fingerprint density at radius 3 is 2.62 bits per heavy atom. The van der Waals surface area contributed by atoms with Gasteiger partial charge < -0.3 is 9.30 Å². The number of carbonyl (C=O) groups excluding carboxylic acids is 2. The van der Waals surface area contributed by atoms with E-state index < -0.39 is 27.5 Å². The lowest BCUT2D eigenvalue weighted by Gasteiger charge is -2.06. The number of aromatic nitrogens is 1. The van der Waals surface area contributed by atoms with Crippen LogP contribution in [0.25, 0.3) is 10.2 Å². The molecule has 1 amide bonds. The highest BCUT2D eigenvalue weighted by Gasteiger charge is 2.19. The number of ether oxygens (including phenoxy) is 1. The molecule has 0 aliphatic carbocycles. The van der Waals surface area contributed by atoms with Crippen LogP contribution in [0.2, 0.25) is 0 Å². The molecule has 0 N–H and O–H groups in total. The summed E-state index contributed by atoms with van der Waals surface area (Å²) in [5.41, 5.74) is 0.425. The first-order valence-electron chi connectivity index (χ1n) is 8.53.